The number of nitrogens with zero attached hydrogens (tertiary/aromatic N) is 3. The average Bonchev–Trinajstić information content (AvgIpc) is 3.31. The maximum absolute atomic E-state index is 13.4. The van der Waals surface area contributed by atoms with Crippen molar-refractivity contribution < 1.29 is 14.0 Å². The second kappa shape index (κ2) is 8.40. The zero-order valence-corrected chi connectivity index (χ0v) is 16.4. The van der Waals surface area contributed by atoms with Gasteiger partial charge in [0.2, 0.25) is 5.91 Å². The molecule has 6 nitrogen and oxygen atoms in total. The lowest BCUT2D eigenvalue weighted by atomic mass is 10.2. The van der Waals surface area contributed by atoms with E-state index in [0.717, 1.165) is 11.3 Å². The Labute approximate surface area is 171 Å². The standard InChI is InChI=1S/C21H19FN4O2S/c22-15-4-1-5-16(12-15)24-21(28)18-13-23-26-10-3-9-25(14-19(18)26)20(27)8-7-17-6-2-11-29-17/h1-2,4-8,11-13H,3,9-10,14H2,(H,24,28)/b8-7+. The van der Waals surface area contributed by atoms with Crippen LogP contribution in [0.4, 0.5) is 10.1 Å². The van der Waals surface area contributed by atoms with Crippen molar-refractivity contribution >= 4 is 34.9 Å². The number of hydrogen-bond acceptors (Lipinski definition) is 4. The molecule has 0 bridgehead atoms. The Hall–Kier alpha value is -3.26. The molecule has 1 aliphatic rings. The number of fused-ring (bicyclic) bond motifs is 1. The highest BCUT2D eigenvalue weighted by Gasteiger charge is 2.24. The van der Waals surface area contributed by atoms with Gasteiger partial charge in [-0.25, -0.2) is 4.39 Å². The van der Waals surface area contributed by atoms with Gasteiger partial charge in [-0.1, -0.05) is 12.1 Å². The highest BCUT2D eigenvalue weighted by molar-refractivity contribution is 7.10. The Balaban J connectivity index is 1.52. The number of aromatic nitrogens is 2. The van der Waals surface area contributed by atoms with E-state index in [1.165, 1.54) is 24.4 Å². The van der Waals surface area contributed by atoms with Crippen molar-refractivity contribution in [3.8, 4) is 0 Å². The summed E-state index contributed by atoms with van der Waals surface area (Å²) in [7, 11) is 0. The third-order valence-corrected chi connectivity index (χ3v) is 5.50. The largest absolute Gasteiger partial charge is 0.333 e. The van der Waals surface area contributed by atoms with E-state index in [0.29, 0.717) is 36.6 Å². The van der Waals surface area contributed by atoms with Crippen LogP contribution in [0.1, 0.15) is 27.3 Å². The topological polar surface area (TPSA) is 67.2 Å². The quantitative estimate of drug-likeness (QED) is 0.666. The number of aryl methyl sites for hydroxylation is 1. The molecule has 0 fully saturated rings. The molecule has 0 saturated heterocycles. The Bertz CT molecular complexity index is 1060. The SMILES string of the molecule is O=C(Nc1cccc(F)c1)c1cnn2c1CN(C(=O)/C=C/c1cccs1)CCC2. The van der Waals surface area contributed by atoms with E-state index in [-0.39, 0.29) is 11.8 Å². The molecule has 29 heavy (non-hydrogen) atoms. The van der Waals surface area contributed by atoms with E-state index in [9.17, 15) is 14.0 Å². The Morgan fingerprint density at radius 1 is 1.21 bits per heavy atom. The maximum atomic E-state index is 13.4. The van der Waals surface area contributed by atoms with E-state index in [2.05, 4.69) is 10.4 Å². The minimum atomic E-state index is -0.425. The zero-order chi connectivity index (χ0) is 20.2. The minimum absolute atomic E-state index is 0.107. The van der Waals surface area contributed by atoms with Crippen LogP contribution in [0.3, 0.4) is 0 Å². The minimum Gasteiger partial charge on any atom is -0.333 e. The molecule has 8 heteroatoms. The first-order chi connectivity index (χ1) is 14.1. The van der Waals surface area contributed by atoms with E-state index in [4.69, 9.17) is 0 Å². The fourth-order valence-corrected chi connectivity index (χ4v) is 3.85. The number of carbonyl (C=O) groups excluding carboxylic acids is 2. The summed E-state index contributed by atoms with van der Waals surface area (Å²) in [6, 6.07) is 9.60. The van der Waals surface area contributed by atoms with Gasteiger partial charge >= 0.3 is 0 Å². The molecule has 2 amide bonds. The Morgan fingerprint density at radius 3 is 2.90 bits per heavy atom. The second-order valence-corrected chi connectivity index (χ2v) is 7.63. The molecular formula is C21H19FN4O2S. The van der Waals surface area contributed by atoms with Crippen molar-refractivity contribution in [3.63, 3.8) is 0 Å². The third kappa shape index (κ3) is 4.43. The lowest BCUT2D eigenvalue weighted by Gasteiger charge is -2.18. The Morgan fingerprint density at radius 2 is 2.10 bits per heavy atom. The molecule has 0 atom stereocenters. The second-order valence-electron chi connectivity index (χ2n) is 6.65. The van der Waals surface area contributed by atoms with Gasteiger partial charge in [0.1, 0.15) is 5.82 Å². The van der Waals surface area contributed by atoms with Crippen LogP contribution in [0.2, 0.25) is 0 Å². The summed E-state index contributed by atoms with van der Waals surface area (Å²) in [5, 5.41) is 8.96. The summed E-state index contributed by atoms with van der Waals surface area (Å²) in [6.45, 7) is 1.50. The van der Waals surface area contributed by atoms with Gasteiger partial charge in [0.05, 0.1) is 24.0 Å². The van der Waals surface area contributed by atoms with Crippen LogP contribution in [0.25, 0.3) is 6.08 Å². The van der Waals surface area contributed by atoms with Crippen LogP contribution < -0.4 is 5.32 Å². The zero-order valence-electron chi connectivity index (χ0n) is 15.5. The van der Waals surface area contributed by atoms with Crippen molar-refractivity contribution in [3.05, 3.63) is 76.0 Å². The van der Waals surface area contributed by atoms with Crippen LogP contribution in [0.15, 0.2) is 54.1 Å². The van der Waals surface area contributed by atoms with Gasteiger partial charge in [-0.3, -0.25) is 14.3 Å². The highest BCUT2D eigenvalue weighted by Crippen LogP contribution is 2.19. The van der Waals surface area contributed by atoms with Gasteiger partial charge in [-0.15, -0.1) is 11.3 Å². The molecule has 2 aromatic heterocycles. The smallest absolute Gasteiger partial charge is 0.259 e. The fourth-order valence-electron chi connectivity index (χ4n) is 3.23. The first-order valence-electron chi connectivity index (χ1n) is 9.22. The van der Waals surface area contributed by atoms with Crippen molar-refractivity contribution in [2.75, 3.05) is 11.9 Å². The number of benzene rings is 1. The van der Waals surface area contributed by atoms with Gasteiger partial charge in [-0.2, -0.15) is 5.10 Å². The number of nitrogens with one attached hydrogen (secondary N) is 1. The van der Waals surface area contributed by atoms with Crippen molar-refractivity contribution in [1.82, 2.24) is 14.7 Å². The molecule has 0 saturated carbocycles. The number of rotatable bonds is 4. The first-order valence-corrected chi connectivity index (χ1v) is 10.1. The molecule has 3 aromatic rings. The summed E-state index contributed by atoms with van der Waals surface area (Å²) >= 11 is 1.56. The summed E-state index contributed by atoms with van der Waals surface area (Å²) in [6.07, 6.45) is 5.61. The molecule has 1 aliphatic heterocycles. The molecule has 4 rings (SSSR count). The van der Waals surface area contributed by atoms with Crippen LogP contribution >= 0.6 is 11.3 Å². The molecule has 0 unspecified atom stereocenters. The number of anilines is 1. The predicted octanol–water partition coefficient (Wildman–Crippen LogP) is 3.78. The van der Waals surface area contributed by atoms with E-state index >= 15 is 0 Å². The van der Waals surface area contributed by atoms with Crippen LogP contribution in [0.5, 0.6) is 0 Å². The summed E-state index contributed by atoms with van der Waals surface area (Å²) in [4.78, 5) is 28.1. The summed E-state index contributed by atoms with van der Waals surface area (Å²) < 4.78 is 15.1. The van der Waals surface area contributed by atoms with Gasteiger partial charge in [0, 0.05) is 29.7 Å². The van der Waals surface area contributed by atoms with Crippen LogP contribution in [-0.2, 0) is 17.9 Å². The fraction of sp³-hybridized carbons (Fsp3) is 0.190. The number of carbonyl (C=O) groups is 2. The van der Waals surface area contributed by atoms with Crippen LogP contribution in [0, 0.1) is 5.82 Å². The van der Waals surface area contributed by atoms with E-state index in [1.54, 1.807) is 39.1 Å². The molecule has 3 heterocycles. The van der Waals surface area contributed by atoms with E-state index in [1.807, 2.05) is 17.5 Å². The van der Waals surface area contributed by atoms with Crippen molar-refractivity contribution in [1.29, 1.82) is 0 Å². The monoisotopic (exact) mass is 410 g/mol. The number of hydrogen-bond donors (Lipinski definition) is 1. The lowest BCUT2D eigenvalue weighted by Crippen LogP contribution is -2.30. The van der Waals surface area contributed by atoms with Crippen LogP contribution in [-0.4, -0.2) is 33.0 Å². The van der Waals surface area contributed by atoms with Gasteiger partial charge < -0.3 is 10.2 Å². The summed E-state index contributed by atoms with van der Waals surface area (Å²) in [5.41, 5.74) is 1.43. The van der Waals surface area contributed by atoms with Gasteiger partial charge in [0.15, 0.2) is 0 Å². The molecule has 0 aliphatic carbocycles. The van der Waals surface area contributed by atoms with E-state index < -0.39 is 5.82 Å². The van der Waals surface area contributed by atoms with Crippen molar-refractivity contribution in [2.24, 2.45) is 0 Å². The van der Waals surface area contributed by atoms with Gasteiger partial charge in [0.25, 0.3) is 5.91 Å². The summed E-state index contributed by atoms with van der Waals surface area (Å²) in [5.74, 6) is -0.907. The third-order valence-electron chi connectivity index (χ3n) is 4.66. The molecule has 0 spiro atoms. The molecular weight excluding hydrogens is 391 g/mol. The number of thiophene rings is 1. The average molecular weight is 410 g/mol. The lowest BCUT2D eigenvalue weighted by molar-refractivity contribution is -0.126. The molecule has 0 radical (unpaired) electrons. The Kier molecular flexibility index (Phi) is 5.53. The maximum Gasteiger partial charge on any atom is 0.259 e. The normalized spacial score (nSPS) is 13.9. The molecule has 1 N–H and O–H groups in total. The van der Waals surface area contributed by atoms with Gasteiger partial charge in [-0.05, 0) is 42.1 Å². The molecule has 1 aromatic carbocycles. The first kappa shape index (κ1) is 19.1. The number of halogens is 1. The van der Waals surface area contributed by atoms with Crippen molar-refractivity contribution in [2.45, 2.75) is 19.5 Å². The molecule has 148 valence electrons. The highest BCUT2D eigenvalue weighted by atomic mass is 32.1. The number of amides is 2. The predicted molar refractivity (Wildman–Crippen MR) is 110 cm³/mol.